The molecular formula is C12H16O5S. The molecule has 1 aliphatic heterocycles. The van der Waals surface area contributed by atoms with Crippen molar-refractivity contribution in [2.24, 2.45) is 11.3 Å². The molecule has 0 aromatic heterocycles. The number of rotatable bonds is 2. The summed E-state index contributed by atoms with van der Waals surface area (Å²) in [6.45, 7) is 7.03. The molecule has 100 valence electrons. The first-order chi connectivity index (χ1) is 8.25. The van der Waals surface area contributed by atoms with Gasteiger partial charge in [0.15, 0.2) is 0 Å². The summed E-state index contributed by atoms with van der Waals surface area (Å²) in [6.07, 6.45) is 0.307. The Bertz CT molecular complexity index is 537. The van der Waals surface area contributed by atoms with Crippen molar-refractivity contribution < 1.29 is 22.1 Å². The molecule has 5 nitrogen and oxygen atoms in total. The van der Waals surface area contributed by atoms with Crippen molar-refractivity contribution >= 4 is 16.1 Å². The quantitative estimate of drug-likeness (QED) is 0.426. The maximum Gasteiger partial charge on any atom is 0.333 e. The highest BCUT2D eigenvalue weighted by molar-refractivity contribution is 7.87. The van der Waals surface area contributed by atoms with Crippen molar-refractivity contribution in [1.82, 2.24) is 0 Å². The predicted molar refractivity (Wildman–Crippen MR) is 63.1 cm³/mol. The van der Waals surface area contributed by atoms with Crippen LogP contribution in [0.25, 0.3) is 0 Å². The van der Waals surface area contributed by atoms with Crippen LogP contribution in [0.4, 0.5) is 0 Å². The molecule has 0 radical (unpaired) electrons. The summed E-state index contributed by atoms with van der Waals surface area (Å²) in [7, 11) is -3.49. The van der Waals surface area contributed by atoms with Gasteiger partial charge in [0, 0.05) is 16.9 Å². The molecule has 6 heteroatoms. The molecule has 18 heavy (non-hydrogen) atoms. The van der Waals surface area contributed by atoms with Gasteiger partial charge in [0.1, 0.15) is 12.2 Å². The Hall–Kier alpha value is -0.880. The van der Waals surface area contributed by atoms with Crippen molar-refractivity contribution in [2.75, 3.05) is 0 Å². The zero-order chi connectivity index (χ0) is 13.3. The lowest BCUT2D eigenvalue weighted by Gasteiger charge is -2.30. The molecule has 2 saturated carbocycles. The molecule has 0 spiro atoms. The van der Waals surface area contributed by atoms with Gasteiger partial charge in [-0.1, -0.05) is 13.5 Å². The summed E-state index contributed by atoms with van der Waals surface area (Å²) in [4.78, 5) is 11.6. The minimum Gasteiger partial charge on any atom is -0.456 e. The van der Waals surface area contributed by atoms with Gasteiger partial charge in [0.05, 0.1) is 5.25 Å². The van der Waals surface area contributed by atoms with Crippen LogP contribution >= 0.6 is 0 Å². The van der Waals surface area contributed by atoms with Crippen LogP contribution in [0.15, 0.2) is 12.2 Å². The Morgan fingerprint density at radius 1 is 1.50 bits per heavy atom. The Morgan fingerprint density at radius 2 is 2.17 bits per heavy atom. The van der Waals surface area contributed by atoms with Crippen molar-refractivity contribution in [3.05, 3.63) is 12.2 Å². The van der Waals surface area contributed by atoms with E-state index in [0.717, 1.165) is 6.42 Å². The van der Waals surface area contributed by atoms with Gasteiger partial charge in [0.2, 0.25) is 0 Å². The predicted octanol–water partition coefficient (Wildman–Crippen LogP) is 1.00. The third-order valence-corrected chi connectivity index (χ3v) is 6.45. The average Bonchev–Trinajstić information content (AvgIpc) is 2.74. The fourth-order valence-electron chi connectivity index (χ4n) is 3.70. The van der Waals surface area contributed by atoms with E-state index in [2.05, 4.69) is 6.58 Å². The topological polar surface area (TPSA) is 69.7 Å². The monoisotopic (exact) mass is 272 g/mol. The highest BCUT2D eigenvalue weighted by atomic mass is 32.2. The summed E-state index contributed by atoms with van der Waals surface area (Å²) < 4.78 is 34.3. The van der Waals surface area contributed by atoms with E-state index in [1.807, 2.05) is 6.92 Å². The minimum atomic E-state index is -3.49. The summed E-state index contributed by atoms with van der Waals surface area (Å²) in [5.74, 6) is -0.383. The maximum atomic E-state index is 11.9. The van der Waals surface area contributed by atoms with Gasteiger partial charge in [-0.15, -0.1) is 0 Å². The number of carbonyl (C=O) groups excluding carboxylic acids is 1. The lowest BCUT2D eigenvalue weighted by atomic mass is 9.82. The normalized spacial score (nSPS) is 47.2. The highest BCUT2D eigenvalue weighted by Crippen LogP contribution is 2.63. The van der Waals surface area contributed by atoms with Crippen LogP contribution in [0.2, 0.25) is 0 Å². The van der Waals surface area contributed by atoms with Crippen molar-refractivity contribution in [1.29, 1.82) is 0 Å². The molecule has 5 unspecified atom stereocenters. The van der Waals surface area contributed by atoms with E-state index in [1.54, 1.807) is 6.92 Å². The van der Waals surface area contributed by atoms with Crippen LogP contribution < -0.4 is 0 Å². The summed E-state index contributed by atoms with van der Waals surface area (Å²) >= 11 is 0. The van der Waals surface area contributed by atoms with E-state index in [1.165, 1.54) is 0 Å². The van der Waals surface area contributed by atoms with Crippen LogP contribution in [0.5, 0.6) is 0 Å². The number of carbonyl (C=O) groups is 1. The zero-order valence-corrected chi connectivity index (χ0v) is 11.2. The van der Waals surface area contributed by atoms with Gasteiger partial charge < -0.3 is 4.74 Å². The molecule has 3 aliphatic rings. The molecule has 3 fully saturated rings. The number of ether oxygens (including phenoxy) is 1. The standard InChI is InChI=1S/C12H16O5S/c1-6(2)11(13)16-9-7-4-8-12(3,5-7)10(9)17-18(8,14)15/h7-10H,1,4-5H2,2-3H3. The van der Waals surface area contributed by atoms with Gasteiger partial charge in [-0.2, -0.15) is 8.42 Å². The van der Waals surface area contributed by atoms with Crippen molar-refractivity contribution in [2.45, 2.75) is 44.1 Å². The lowest BCUT2D eigenvalue weighted by Crippen LogP contribution is -2.42. The van der Waals surface area contributed by atoms with Crippen LogP contribution in [0.3, 0.4) is 0 Å². The van der Waals surface area contributed by atoms with Crippen LogP contribution in [0.1, 0.15) is 26.7 Å². The first-order valence-electron chi connectivity index (χ1n) is 6.04. The largest absolute Gasteiger partial charge is 0.456 e. The Kier molecular flexibility index (Phi) is 2.27. The number of fused-ring (bicyclic) bond motifs is 1. The third kappa shape index (κ3) is 1.36. The molecule has 0 aromatic rings. The molecule has 0 amide bonds. The smallest absolute Gasteiger partial charge is 0.333 e. The van der Waals surface area contributed by atoms with Crippen molar-refractivity contribution in [3.8, 4) is 0 Å². The van der Waals surface area contributed by atoms with Crippen molar-refractivity contribution in [3.63, 3.8) is 0 Å². The first kappa shape index (κ1) is 12.2. The Balaban J connectivity index is 1.90. The second-order valence-corrected chi connectivity index (χ2v) is 7.60. The Labute approximate surface area is 106 Å². The van der Waals surface area contributed by atoms with E-state index >= 15 is 0 Å². The second kappa shape index (κ2) is 3.36. The fourth-order valence-corrected chi connectivity index (χ4v) is 5.83. The molecule has 3 rings (SSSR count). The molecule has 2 bridgehead atoms. The second-order valence-electron chi connectivity index (χ2n) is 5.85. The first-order valence-corrected chi connectivity index (χ1v) is 7.51. The minimum absolute atomic E-state index is 0.0885. The van der Waals surface area contributed by atoms with Gasteiger partial charge in [0.25, 0.3) is 10.1 Å². The van der Waals surface area contributed by atoms with Crippen LogP contribution in [-0.4, -0.2) is 31.8 Å². The van der Waals surface area contributed by atoms with Gasteiger partial charge >= 0.3 is 5.97 Å². The lowest BCUT2D eigenvalue weighted by molar-refractivity contribution is -0.152. The number of esters is 1. The molecular weight excluding hydrogens is 256 g/mol. The van der Waals surface area contributed by atoms with Gasteiger partial charge in [-0.05, 0) is 19.8 Å². The average molecular weight is 272 g/mol. The molecule has 0 N–H and O–H groups in total. The summed E-state index contributed by atoms with van der Waals surface area (Å²) in [6, 6.07) is 0. The van der Waals surface area contributed by atoms with E-state index in [-0.39, 0.29) is 5.92 Å². The fraction of sp³-hybridized carbons (Fsp3) is 0.750. The molecule has 5 atom stereocenters. The van der Waals surface area contributed by atoms with Gasteiger partial charge in [-0.25, -0.2) is 4.79 Å². The third-order valence-electron chi connectivity index (χ3n) is 4.55. The maximum absolute atomic E-state index is 11.9. The Morgan fingerprint density at radius 3 is 2.78 bits per heavy atom. The summed E-state index contributed by atoms with van der Waals surface area (Å²) in [5, 5.41) is -0.431. The van der Waals surface area contributed by atoms with E-state index < -0.39 is 39.0 Å². The summed E-state index contributed by atoms with van der Waals surface area (Å²) in [5.41, 5.74) is -0.0795. The molecule has 1 saturated heterocycles. The van der Waals surface area contributed by atoms with Crippen LogP contribution in [-0.2, 0) is 23.8 Å². The SMILES string of the molecule is C=C(C)C(=O)OC1C2CC3C(C)(C2)C1OS3(=O)=O. The molecule has 0 aromatic carbocycles. The van der Waals surface area contributed by atoms with E-state index in [0.29, 0.717) is 12.0 Å². The zero-order valence-electron chi connectivity index (χ0n) is 10.4. The van der Waals surface area contributed by atoms with E-state index in [9.17, 15) is 13.2 Å². The number of hydrogen-bond acceptors (Lipinski definition) is 5. The highest BCUT2D eigenvalue weighted by Gasteiger charge is 2.72. The molecule has 1 heterocycles. The van der Waals surface area contributed by atoms with Crippen LogP contribution in [0, 0.1) is 11.3 Å². The molecule has 2 aliphatic carbocycles. The van der Waals surface area contributed by atoms with E-state index in [4.69, 9.17) is 8.92 Å². The van der Waals surface area contributed by atoms with Gasteiger partial charge in [-0.3, -0.25) is 4.18 Å². The number of hydrogen-bond donors (Lipinski definition) is 0.